The average molecular weight is 575 g/mol. The lowest BCUT2D eigenvalue weighted by Gasteiger charge is -2.37. The lowest BCUT2D eigenvalue weighted by atomic mass is 10.0. The summed E-state index contributed by atoms with van der Waals surface area (Å²) in [5, 5.41) is 6.96. The van der Waals surface area contributed by atoms with E-state index in [9.17, 15) is 0 Å². The van der Waals surface area contributed by atoms with Crippen LogP contribution in [0.2, 0.25) is 0 Å². The number of benzene rings is 1. The number of nitrogens with zero attached hydrogens (tertiary/aromatic N) is 2. The molecule has 0 spiro atoms. The van der Waals surface area contributed by atoms with Gasteiger partial charge in [-0.1, -0.05) is 38.1 Å². The third-order valence-electron chi connectivity index (χ3n) is 6.17. The molecule has 0 amide bonds. The van der Waals surface area contributed by atoms with Crippen molar-refractivity contribution in [1.82, 2.24) is 15.5 Å². The van der Waals surface area contributed by atoms with Crippen LogP contribution < -0.4 is 10.6 Å². The molecular weight excluding hydrogens is 531 g/mol. The quantitative estimate of drug-likeness (QED) is 0.254. The van der Waals surface area contributed by atoms with Gasteiger partial charge in [-0.05, 0) is 36.8 Å². The molecule has 2 saturated heterocycles. The van der Waals surface area contributed by atoms with Crippen LogP contribution in [0.1, 0.15) is 44.7 Å². The lowest BCUT2D eigenvalue weighted by molar-refractivity contribution is -0.0390. The van der Waals surface area contributed by atoms with E-state index in [0.717, 1.165) is 71.4 Å². The second-order valence-corrected chi connectivity index (χ2v) is 8.98. The molecule has 0 radical (unpaired) electrons. The van der Waals surface area contributed by atoms with E-state index in [1.54, 1.807) is 0 Å². The fraction of sp³-hybridized carbons (Fsp3) is 0.720. The predicted molar refractivity (Wildman–Crippen MR) is 144 cm³/mol. The summed E-state index contributed by atoms with van der Waals surface area (Å²) in [5.41, 5.74) is 2.40. The summed E-state index contributed by atoms with van der Waals surface area (Å²) in [5.74, 6) is 1.44. The van der Waals surface area contributed by atoms with Gasteiger partial charge in [0.1, 0.15) is 0 Å². The minimum Gasteiger partial charge on any atom is -0.381 e. The van der Waals surface area contributed by atoms with Crippen molar-refractivity contribution < 1.29 is 14.2 Å². The van der Waals surface area contributed by atoms with Crippen LogP contribution in [0.3, 0.4) is 0 Å². The fourth-order valence-corrected chi connectivity index (χ4v) is 4.28. The van der Waals surface area contributed by atoms with Gasteiger partial charge in [-0.15, -0.1) is 24.0 Å². The van der Waals surface area contributed by atoms with Crippen molar-refractivity contribution in [2.45, 2.75) is 58.9 Å². The highest BCUT2D eigenvalue weighted by Gasteiger charge is 2.23. The van der Waals surface area contributed by atoms with Crippen LogP contribution in [0.5, 0.6) is 0 Å². The first-order valence-corrected chi connectivity index (χ1v) is 12.3. The van der Waals surface area contributed by atoms with Crippen molar-refractivity contribution in [1.29, 1.82) is 0 Å². The molecule has 0 bridgehead atoms. The Bertz CT molecular complexity index is 692. The van der Waals surface area contributed by atoms with Gasteiger partial charge in [0.05, 0.1) is 32.5 Å². The fourth-order valence-electron chi connectivity index (χ4n) is 4.28. The number of nitrogens with one attached hydrogen (secondary N) is 2. The molecule has 0 aromatic heterocycles. The predicted octanol–water partition coefficient (Wildman–Crippen LogP) is 3.41. The summed E-state index contributed by atoms with van der Waals surface area (Å²) < 4.78 is 17.0. The van der Waals surface area contributed by atoms with E-state index in [1.807, 2.05) is 0 Å². The molecule has 2 heterocycles. The molecule has 3 rings (SSSR count). The van der Waals surface area contributed by atoms with Crippen molar-refractivity contribution in [3.8, 4) is 0 Å². The molecule has 1 aromatic carbocycles. The maximum absolute atomic E-state index is 6.08. The maximum Gasteiger partial charge on any atom is 0.191 e. The monoisotopic (exact) mass is 574 g/mol. The molecular formula is C25H43IN4O3. The molecule has 7 nitrogen and oxygen atoms in total. The first-order valence-electron chi connectivity index (χ1n) is 12.3. The molecule has 2 fully saturated rings. The summed E-state index contributed by atoms with van der Waals surface area (Å²) in [6.07, 6.45) is 2.29. The Morgan fingerprint density at radius 2 is 1.79 bits per heavy atom. The van der Waals surface area contributed by atoms with Crippen LogP contribution >= 0.6 is 24.0 Å². The number of hydrogen-bond donors (Lipinski definition) is 2. The van der Waals surface area contributed by atoms with Crippen LogP contribution in [-0.4, -0.2) is 75.6 Å². The van der Waals surface area contributed by atoms with Gasteiger partial charge in [-0.25, -0.2) is 4.99 Å². The maximum atomic E-state index is 6.08. The van der Waals surface area contributed by atoms with Gasteiger partial charge in [0.2, 0.25) is 0 Å². The molecule has 2 N–H and O–H groups in total. The standard InChI is InChI=1S/C25H42N4O3.HI/c1-4-26-25(28-18-24(20(2)3)29-10-14-31-15-11-29)27-17-21-6-5-7-22(16-21)19-32-23-8-12-30-13-9-23;/h5-7,16,20,23-24H,4,8-15,17-19H2,1-3H3,(H2,26,27,28);1H. The molecule has 0 aliphatic carbocycles. The van der Waals surface area contributed by atoms with Crippen LogP contribution in [0.15, 0.2) is 29.3 Å². The normalized spacial score (nSPS) is 19.2. The van der Waals surface area contributed by atoms with E-state index in [4.69, 9.17) is 19.2 Å². The Kier molecular flexibility index (Phi) is 13.6. The molecule has 8 heteroatoms. The Labute approximate surface area is 217 Å². The lowest BCUT2D eigenvalue weighted by Crippen LogP contribution is -2.52. The third kappa shape index (κ3) is 10.1. The molecule has 33 heavy (non-hydrogen) atoms. The number of ether oxygens (including phenoxy) is 3. The van der Waals surface area contributed by atoms with Crippen molar-refractivity contribution in [2.24, 2.45) is 10.9 Å². The highest BCUT2D eigenvalue weighted by Crippen LogP contribution is 2.15. The minimum atomic E-state index is 0. The van der Waals surface area contributed by atoms with E-state index in [0.29, 0.717) is 31.2 Å². The van der Waals surface area contributed by atoms with E-state index in [-0.39, 0.29) is 24.0 Å². The van der Waals surface area contributed by atoms with Gasteiger partial charge < -0.3 is 24.8 Å². The Morgan fingerprint density at radius 1 is 1.09 bits per heavy atom. The van der Waals surface area contributed by atoms with Crippen molar-refractivity contribution >= 4 is 29.9 Å². The van der Waals surface area contributed by atoms with Crippen molar-refractivity contribution in [3.63, 3.8) is 0 Å². The number of rotatable bonds is 10. The van der Waals surface area contributed by atoms with Gasteiger partial charge in [-0.3, -0.25) is 4.90 Å². The first kappa shape index (κ1) is 28.3. The molecule has 1 atom stereocenters. The number of halogens is 1. The molecule has 2 aliphatic rings. The molecule has 1 unspecified atom stereocenters. The first-order chi connectivity index (χ1) is 15.7. The molecule has 1 aromatic rings. The second-order valence-electron chi connectivity index (χ2n) is 8.98. The number of hydrogen-bond acceptors (Lipinski definition) is 5. The van der Waals surface area contributed by atoms with E-state index in [2.05, 4.69) is 60.6 Å². The summed E-state index contributed by atoms with van der Waals surface area (Å²) in [6.45, 7) is 15.0. The smallest absolute Gasteiger partial charge is 0.191 e. The Morgan fingerprint density at radius 3 is 2.48 bits per heavy atom. The summed E-state index contributed by atoms with van der Waals surface area (Å²) in [4.78, 5) is 7.38. The van der Waals surface area contributed by atoms with Crippen LogP contribution in [0.25, 0.3) is 0 Å². The minimum absolute atomic E-state index is 0. The van der Waals surface area contributed by atoms with Crippen LogP contribution in [0, 0.1) is 5.92 Å². The Hall–Kier alpha value is -0.940. The zero-order valence-electron chi connectivity index (χ0n) is 20.6. The van der Waals surface area contributed by atoms with Gasteiger partial charge in [0, 0.05) is 45.4 Å². The van der Waals surface area contributed by atoms with Gasteiger partial charge in [0.25, 0.3) is 0 Å². The largest absolute Gasteiger partial charge is 0.381 e. The SMILES string of the molecule is CCNC(=NCc1cccc(COC2CCOCC2)c1)NCC(C(C)C)N1CCOCC1.I. The third-order valence-corrected chi connectivity index (χ3v) is 6.17. The highest BCUT2D eigenvalue weighted by atomic mass is 127. The number of morpholine rings is 1. The van der Waals surface area contributed by atoms with E-state index in [1.165, 1.54) is 11.1 Å². The van der Waals surface area contributed by atoms with E-state index < -0.39 is 0 Å². The topological polar surface area (TPSA) is 67.4 Å². The highest BCUT2D eigenvalue weighted by molar-refractivity contribution is 14.0. The molecule has 2 aliphatic heterocycles. The van der Waals surface area contributed by atoms with Crippen LogP contribution in [-0.2, 0) is 27.4 Å². The average Bonchev–Trinajstić information content (AvgIpc) is 2.83. The van der Waals surface area contributed by atoms with Gasteiger partial charge >= 0.3 is 0 Å². The van der Waals surface area contributed by atoms with Crippen molar-refractivity contribution in [2.75, 3.05) is 52.6 Å². The second kappa shape index (κ2) is 15.9. The number of aliphatic imine (C=N–C) groups is 1. The van der Waals surface area contributed by atoms with Crippen LogP contribution in [0.4, 0.5) is 0 Å². The summed E-state index contributed by atoms with van der Waals surface area (Å²) in [6, 6.07) is 9.03. The summed E-state index contributed by atoms with van der Waals surface area (Å²) >= 11 is 0. The van der Waals surface area contributed by atoms with Gasteiger partial charge in [-0.2, -0.15) is 0 Å². The van der Waals surface area contributed by atoms with Gasteiger partial charge in [0.15, 0.2) is 5.96 Å². The zero-order valence-corrected chi connectivity index (χ0v) is 22.9. The Balaban J connectivity index is 0.00000385. The molecule has 188 valence electrons. The van der Waals surface area contributed by atoms with E-state index >= 15 is 0 Å². The van der Waals surface area contributed by atoms with Crippen molar-refractivity contribution in [3.05, 3.63) is 35.4 Å². The molecule has 0 saturated carbocycles. The summed E-state index contributed by atoms with van der Waals surface area (Å²) in [7, 11) is 0. The zero-order chi connectivity index (χ0) is 22.6. The number of guanidine groups is 1.